The van der Waals surface area contributed by atoms with Gasteiger partial charge in [-0.1, -0.05) is 0 Å². The molecular formula is C18H23F4N3O2S. The summed E-state index contributed by atoms with van der Waals surface area (Å²) < 4.78 is 59.1. The molecule has 1 aromatic rings. The van der Waals surface area contributed by atoms with Gasteiger partial charge in [0.15, 0.2) is 5.82 Å². The number of thiophene rings is 1. The van der Waals surface area contributed by atoms with Crippen LogP contribution in [-0.4, -0.2) is 41.9 Å². The molecule has 0 aromatic carbocycles. The molecule has 1 amide bonds. The maximum absolute atomic E-state index is 14.4. The highest BCUT2D eigenvalue weighted by Crippen LogP contribution is 2.43. The molecule has 1 N–H and O–H groups in total. The third kappa shape index (κ3) is 6.63. The molecule has 156 valence electrons. The molecule has 0 saturated heterocycles. The van der Waals surface area contributed by atoms with E-state index in [1.165, 1.54) is 5.38 Å². The molecule has 0 radical (unpaired) electrons. The lowest BCUT2D eigenvalue weighted by molar-refractivity contribution is -0.148. The smallest absolute Gasteiger partial charge is 0.407 e. The topological polar surface area (TPSA) is 65.4 Å². The molecule has 0 spiro atoms. The molecule has 1 fully saturated rings. The maximum atomic E-state index is 14.4. The van der Waals surface area contributed by atoms with Crippen molar-refractivity contribution in [1.82, 2.24) is 10.2 Å². The van der Waals surface area contributed by atoms with Gasteiger partial charge in [-0.25, -0.2) is 9.18 Å². The lowest BCUT2D eigenvalue weighted by Crippen LogP contribution is -2.41. The van der Waals surface area contributed by atoms with E-state index in [0.717, 1.165) is 11.3 Å². The van der Waals surface area contributed by atoms with Crippen molar-refractivity contribution >= 4 is 17.4 Å². The quantitative estimate of drug-likeness (QED) is 0.646. The van der Waals surface area contributed by atoms with Crippen LogP contribution in [0.1, 0.15) is 56.5 Å². The van der Waals surface area contributed by atoms with Crippen LogP contribution < -0.4 is 5.32 Å². The van der Waals surface area contributed by atoms with Crippen molar-refractivity contribution in [2.45, 2.75) is 63.9 Å². The summed E-state index contributed by atoms with van der Waals surface area (Å²) in [5, 5.41) is 12.7. The van der Waals surface area contributed by atoms with E-state index in [1.807, 2.05) is 0 Å². The van der Waals surface area contributed by atoms with Crippen LogP contribution in [0.4, 0.5) is 22.4 Å². The summed E-state index contributed by atoms with van der Waals surface area (Å²) in [5.41, 5.74) is -0.942. The monoisotopic (exact) mass is 421 g/mol. The number of nitrogens with zero attached hydrogens (tertiary/aromatic N) is 2. The molecule has 1 saturated carbocycles. The van der Waals surface area contributed by atoms with Crippen molar-refractivity contribution in [1.29, 1.82) is 5.26 Å². The van der Waals surface area contributed by atoms with E-state index in [-0.39, 0.29) is 29.6 Å². The Bertz CT molecular complexity index is 733. The average molecular weight is 421 g/mol. The Hall–Kier alpha value is -1.86. The average Bonchev–Trinajstić information content (AvgIpc) is 3.30. The molecule has 2 rings (SSSR count). The Labute approximate surface area is 165 Å². The van der Waals surface area contributed by atoms with Crippen molar-refractivity contribution < 1.29 is 27.1 Å². The molecule has 1 heterocycles. The van der Waals surface area contributed by atoms with Gasteiger partial charge in [0.25, 0.3) is 0 Å². The molecule has 5 nitrogen and oxygen atoms in total. The molecule has 1 unspecified atom stereocenters. The maximum Gasteiger partial charge on any atom is 0.407 e. The van der Waals surface area contributed by atoms with Gasteiger partial charge < -0.3 is 10.1 Å². The molecule has 28 heavy (non-hydrogen) atoms. The number of carbonyl (C=O) groups is 1. The molecule has 0 bridgehead atoms. The first kappa shape index (κ1) is 22.4. The fraction of sp³-hybridized carbons (Fsp3) is 0.667. The third-order valence-corrected chi connectivity index (χ3v) is 5.12. The SMILES string of the molecule is CC(C)(C)OC(=O)NCCN(C1CC1)C(CC(F)(F)F)c1scc(C#N)c1F. The number of ether oxygens (including phenoxy) is 1. The van der Waals surface area contributed by atoms with E-state index < -0.39 is 36.2 Å². The van der Waals surface area contributed by atoms with Gasteiger partial charge in [-0.2, -0.15) is 18.4 Å². The Balaban J connectivity index is 2.14. The van der Waals surface area contributed by atoms with Gasteiger partial charge in [-0.15, -0.1) is 11.3 Å². The lowest BCUT2D eigenvalue weighted by atomic mass is 10.1. The van der Waals surface area contributed by atoms with Crippen molar-refractivity contribution in [2.75, 3.05) is 13.1 Å². The number of nitrogens with one attached hydrogen (secondary N) is 1. The van der Waals surface area contributed by atoms with Gasteiger partial charge in [0, 0.05) is 24.5 Å². The number of carbonyl (C=O) groups excluding carboxylic acids is 1. The van der Waals surface area contributed by atoms with Gasteiger partial charge in [0.1, 0.15) is 11.7 Å². The number of rotatable bonds is 7. The number of alkyl halides is 3. The first-order valence-electron chi connectivity index (χ1n) is 8.87. The van der Waals surface area contributed by atoms with Gasteiger partial charge in [0.2, 0.25) is 0 Å². The number of hydrogen-bond acceptors (Lipinski definition) is 5. The number of alkyl carbamates (subject to hydrolysis) is 1. The summed E-state index contributed by atoms with van der Waals surface area (Å²) in [5.74, 6) is -0.896. The van der Waals surface area contributed by atoms with Crippen LogP contribution in [-0.2, 0) is 4.74 Å². The highest BCUT2D eigenvalue weighted by atomic mass is 32.1. The Morgan fingerprint density at radius 1 is 1.43 bits per heavy atom. The largest absolute Gasteiger partial charge is 0.444 e. The van der Waals surface area contributed by atoms with Crippen molar-refractivity contribution in [3.8, 4) is 6.07 Å². The summed E-state index contributed by atoms with van der Waals surface area (Å²) in [4.78, 5) is 13.2. The van der Waals surface area contributed by atoms with Crippen molar-refractivity contribution in [3.05, 3.63) is 21.6 Å². The minimum Gasteiger partial charge on any atom is -0.444 e. The second-order valence-corrected chi connectivity index (χ2v) is 8.58. The van der Waals surface area contributed by atoms with Crippen LogP contribution in [0.2, 0.25) is 0 Å². The molecule has 0 aliphatic heterocycles. The van der Waals surface area contributed by atoms with E-state index in [0.29, 0.717) is 12.8 Å². The first-order valence-corrected chi connectivity index (χ1v) is 9.75. The molecule has 1 atom stereocenters. The Morgan fingerprint density at radius 2 is 2.07 bits per heavy atom. The normalized spacial score (nSPS) is 16.0. The molecule has 1 aliphatic carbocycles. The van der Waals surface area contributed by atoms with Crippen LogP contribution in [0.5, 0.6) is 0 Å². The standard InChI is InChI=1S/C18H23F4N3O2S/c1-17(2,3)27-16(26)24-6-7-25(12-4-5-12)13(8-18(20,21)22)15-14(19)11(9-23)10-28-15/h10,12-13H,4-8H2,1-3H3,(H,24,26). The highest BCUT2D eigenvalue weighted by Gasteiger charge is 2.42. The van der Waals surface area contributed by atoms with Gasteiger partial charge in [-0.3, -0.25) is 4.90 Å². The summed E-state index contributed by atoms with van der Waals surface area (Å²) >= 11 is 0.819. The van der Waals surface area contributed by atoms with E-state index in [2.05, 4.69) is 5.32 Å². The number of nitriles is 1. The third-order valence-electron chi connectivity index (χ3n) is 4.06. The molecule has 1 aromatic heterocycles. The zero-order valence-electron chi connectivity index (χ0n) is 15.9. The minimum absolute atomic E-state index is 0.0673. The summed E-state index contributed by atoms with van der Waals surface area (Å²) in [6.45, 7) is 5.29. The summed E-state index contributed by atoms with van der Waals surface area (Å²) in [6.07, 6.45) is -4.97. The molecular weight excluding hydrogens is 398 g/mol. The Morgan fingerprint density at radius 3 is 2.54 bits per heavy atom. The first-order chi connectivity index (χ1) is 12.9. The van der Waals surface area contributed by atoms with Crippen LogP contribution in [0.25, 0.3) is 0 Å². The minimum atomic E-state index is -4.50. The van der Waals surface area contributed by atoms with Gasteiger partial charge >= 0.3 is 12.3 Å². The molecule has 10 heteroatoms. The predicted octanol–water partition coefficient (Wildman–Crippen LogP) is 4.74. The zero-order chi connectivity index (χ0) is 21.1. The number of halogens is 4. The van der Waals surface area contributed by atoms with Crippen LogP contribution in [0.15, 0.2) is 5.38 Å². The lowest BCUT2D eigenvalue weighted by Gasteiger charge is -2.32. The second-order valence-electron chi connectivity index (χ2n) is 7.67. The van der Waals surface area contributed by atoms with E-state index in [1.54, 1.807) is 31.7 Å². The van der Waals surface area contributed by atoms with Crippen LogP contribution >= 0.6 is 11.3 Å². The summed E-state index contributed by atoms with van der Waals surface area (Å²) in [7, 11) is 0. The van der Waals surface area contributed by atoms with Gasteiger partial charge in [-0.05, 0) is 33.6 Å². The van der Waals surface area contributed by atoms with E-state index in [4.69, 9.17) is 10.00 Å². The van der Waals surface area contributed by atoms with Crippen LogP contribution in [0.3, 0.4) is 0 Å². The van der Waals surface area contributed by atoms with Crippen molar-refractivity contribution in [2.24, 2.45) is 0 Å². The second kappa shape index (κ2) is 8.66. The van der Waals surface area contributed by atoms with Crippen molar-refractivity contribution in [3.63, 3.8) is 0 Å². The number of hydrogen-bond donors (Lipinski definition) is 1. The zero-order valence-corrected chi connectivity index (χ0v) is 16.7. The molecule has 1 aliphatic rings. The summed E-state index contributed by atoms with van der Waals surface area (Å²) in [6, 6.07) is 0.312. The highest BCUT2D eigenvalue weighted by molar-refractivity contribution is 7.10. The number of amides is 1. The predicted molar refractivity (Wildman–Crippen MR) is 96.4 cm³/mol. The van der Waals surface area contributed by atoms with E-state index >= 15 is 0 Å². The fourth-order valence-electron chi connectivity index (χ4n) is 2.84. The Kier molecular flexibility index (Phi) is 6.93. The van der Waals surface area contributed by atoms with E-state index in [9.17, 15) is 22.4 Å². The fourth-order valence-corrected chi connectivity index (χ4v) is 3.83. The van der Waals surface area contributed by atoms with Crippen LogP contribution in [0, 0.1) is 17.1 Å². The van der Waals surface area contributed by atoms with Gasteiger partial charge in [0.05, 0.1) is 22.9 Å².